The average Bonchev–Trinajstić information content (AvgIpc) is 1.93. The minimum absolute atomic E-state index is 0.877. The van der Waals surface area contributed by atoms with E-state index in [4.69, 9.17) is 20.4 Å². The van der Waals surface area contributed by atoms with Crippen molar-refractivity contribution in [3.8, 4) is 0 Å². The molecule has 4 atom stereocenters. The molecule has 1 radical (unpaired) electrons. The molecule has 0 bridgehead atoms. The zero-order valence-electron chi connectivity index (χ0n) is 5.08. The Hall–Kier alpha value is -0.200. The summed E-state index contributed by atoms with van der Waals surface area (Å²) in [5.41, 5.74) is 0. The second-order valence-electron chi connectivity index (χ2n) is 2.13. The molecule has 2 unspecified atom stereocenters. The number of aliphatic hydroxyl groups excluding tert-OH is 4. The van der Waals surface area contributed by atoms with E-state index in [2.05, 4.69) is 4.74 Å². The van der Waals surface area contributed by atoms with Crippen molar-refractivity contribution in [2.45, 2.75) is 24.6 Å². The lowest BCUT2D eigenvalue weighted by molar-refractivity contribution is -0.229. The van der Waals surface area contributed by atoms with Crippen LogP contribution in [-0.2, 0) is 4.74 Å². The first-order chi connectivity index (χ1) is 4.63. The Morgan fingerprint density at radius 3 is 2.10 bits per heavy atom. The lowest BCUT2D eigenvalue weighted by Gasteiger charge is -2.31. The first kappa shape index (κ1) is 7.90. The van der Waals surface area contributed by atoms with Gasteiger partial charge in [-0.05, 0) is 0 Å². The highest BCUT2D eigenvalue weighted by atomic mass is 16.6. The Kier molecular flexibility index (Phi) is 2.22. The highest BCUT2D eigenvalue weighted by molar-refractivity contribution is 4.87. The lowest BCUT2D eigenvalue weighted by Crippen LogP contribution is -2.50. The van der Waals surface area contributed by atoms with Crippen molar-refractivity contribution in [3.63, 3.8) is 0 Å². The van der Waals surface area contributed by atoms with Crippen molar-refractivity contribution in [1.29, 1.82) is 0 Å². The molecule has 59 valence electrons. The Morgan fingerprint density at radius 2 is 1.60 bits per heavy atom. The fraction of sp³-hybridized carbons (Fsp3) is 0.800. The van der Waals surface area contributed by atoms with Gasteiger partial charge in [0.05, 0.1) is 0 Å². The van der Waals surface area contributed by atoms with E-state index in [9.17, 15) is 0 Å². The molecule has 1 rings (SSSR count). The molecule has 5 nitrogen and oxygen atoms in total. The molecular formula is C5H9O5. The van der Waals surface area contributed by atoms with Crippen LogP contribution in [0.4, 0.5) is 0 Å². The van der Waals surface area contributed by atoms with Gasteiger partial charge in [0.15, 0.2) is 6.29 Å². The molecule has 0 aliphatic carbocycles. The molecule has 4 N–H and O–H groups in total. The van der Waals surface area contributed by atoms with Crippen molar-refractivity contribution < 1.29 is 25.2 Å². The van der Waals surface area contributed by atoms with Crippen LogP contribution in [0, 0.1) is 6.61 Å². The van der Waals surface area contributed by atoms with E-state index in [-0.39, 0.29) is 0 Å². The first-order valence-electron chi connectivity index (χ1n) is 2.84. The topological polar surface area (TPSA) is 90.2 Å². The molecule has 5 heteroatoms. The van der Waals surface area contributed by atoms with Gasteiger partial charge in [-0.2, -0.15) is 0 Å². The Morgan fingerprint density at radius 1 is 1.00 bits per heavy atom. The highest BCUT2D eigenvalue weighted by Gasteiger charge is 2.36. The minimum Gasteiger partial charge on any atom is -0.387 e. The van der Waals surface area contributed by atoms with Gasteiger partial charge in [0.2, 0.25) is 0 Å². The van der Waals surface area contributed by atoms with Crippen molar-refractivity contribution in [2.24, 2.45) is 0 Å². The average molecular weight is 149 g/mol. The smallest absolute Gasteiger partial charge is 0.184 e. The van der Waals surface area contributed by atoms with Gasteiger partial charge in [-0.15, -0.1) is 0 Å². The summed E-state index contributed by atoms with van der Waals surface area (Å²) < 4.78 is 4.34. The van der Waals surface area contributed by atoms with Crippen LogP contribution in [-0.4, -0.2) is 45.0 Å². The van der Waals surface area contributed by atoms with E-state index in [1.165, 1.54) is 0 Å². The van der Waals surface area contributed by atoms with Crippen LogP contribution in [0.25, 0.3) is 0 Å². The number of aliphatic hydroxyl groups is 4. The molecule has 1 heterocycles. The molecule has 1 aliphatic heterocycles. The van der Waals surface area contributed by atoms with E-state index in [0.29, 0.717) is 0 Å². The van der Waals surface area contributed by atoms with Gasteiger partial charge in [-0.25, -0.2) is 0 Å². The zero-order valence-corrected chi connectivity index (χ0v) is 5.08. The first-order valence-corrected chi connectivity index (χ1v) is 2.84. The monoisotopic (exact) mass is 149 g/mol. The molecule has 0 saturated carbocycles. The third-order valence-corrected chi connectivity index (χ3v) is 1.35. The van der Waals surface area contributed by atoms with Crippen LogP contribution in [0.5, 0.6) is 0 Å². The summed E-state index contributed by atoms with van der Waals surface area (Å²) >= 11 is 0. The summed E-state index contributed by atoms with van der Waals surface area (Å²) in [5.74, 6) is 0. The minimum atomic E-state index is -1.45. The molecule has 1 aliphatic rings. The molecule has 1 saturated heterocycles. The maximum Gasteiger partial charge on any atom is 0.184 e. The maximum atomic E-state index is 8.85. The zero-order chi connectivity index (χ0) is 7.72. The third kappa shape index (κ3) is 1.28. The van der Waals surface area contributed by atoms with Gasteiger partial charge in [-0.3, -0.25) is 0 Å². The Bertz CT molecular complexity index is 103. The van der Waals surface area contributed by atoms with Crippen LogP contribution in [0.1, 0.15) is 0 Å². The van der Waals surface area contributed by atoms with E-state index < -0.39 is 24.6 Å². The summed E-state index contributed by atoms with van der Waals surface area (Å²) in [6.45, 7) is 0.877. The number of hydrogen-bond donors (Lipinski definition) is 4. The van der Waals surface area contributed by atoms with Crippen molar-refractivity contribution in [1.82, 2.24) is 0 Å². The fourth-order valence-electron chi connectivity index (χ4n) is 0.693. The van der Waals surface area contributed by atoms with E-state index >= 15 is 0 Å². The van der Waals surface area contributed by atoms with E-state index in [0.717, 1.165) is 6.61 Å². The predicted molar refractivity (Wildman–Crippen MR) is 29.4 cm³/mol. The SMILES string of the molecule is OC1O[CH][C@H](O)[C@@H](O)C1O. The Balaban J connectivity index is 2.52. The number of hydrogen-bond acceptors (Lipinski definition) is 5. The molecule has 0 aromatic heterocycles. The van der Waals surface area contributed by atoms with Gasteiger partial charge in [-0.1, -0.05) is 0 Å². The molecule has 0 aromatic rings. The quantitative estimate of drug-likeness (QED) is 0.308. The van der Waals surface area contributed by atoms with Crippen molar-refractivity contribution in [3.05, 3.63) is 6.61 Å². The second kappa shape index (κ2) is 2.81. The van der Waals surface area contributed by atoms with Crippen LogP contribution in [0.3, 0.4) is 0 Å². The van der Waals surface area contributed by atoms with E-state index in [1.807, 2.05) is 0 Å². The van der Waals surface area contributed by atoms with Crippen molar-refractivity contribution in [2.75, 3.05) is 0 Å². The number of ether oxygens (including phenoxy) is 1. The predicted octanol–water partition coefficient (Wildman–Crippen LogP) is -2.42. The van der Waals surface area contributed by atoms with Gasteiger partial charge >= 0.3 is 0 Å². The Labute approximate surface area is 57.5 Å². The molecule has 0 amide bonds. The molecule has 1 fully saturated rings. The fourth-order valence-corrected chi connectivity index (χ4v) is 0.693. The van der Waals surface area contributed by atoms with Gasteiger partial charge in [0.25, 0.3) is 0 Å². The lowest BCUT2D eigenvalue weighted by atomic mass is 10.1. The number of rotatable bonds is 0. The van der Waals surface area contributed by atoms with Gasteiger partial charge < -0.3 is 25.2 Å². The standard InChI is InChI=1S/C5H9O5/c6-2-1-10-5(9)4(8)3(2)7/h1-9H/t2-,3+,4?,5?/m0/s1. The van der Waals surface area contributed by atoms with Crippen LogP contribution >= 0.6 is 0 Å². The van der Waals surface area contributed by atoms with Gasteiger partial charge in [0, 0.05) is 0 Å². The van der Waals surface area contributed by atoms with Gasteiger partial charge in [0.1, 0.15) is 24.9 Å². The summed E-state index contributed by atoms with van der Waals surface area (Å²) in [4.78, 5) is 0. The third-order valence-electron chi connectivity index (χ3n) is 1.35. The molecular weight excluding hydrogens is 140 g/mol. The normalized spacial score (nSPS) is 49.2. The van der Waals surface area contributed by atoms with Crippen LogP contribution in [0.2, 0.25) is 0 Å². The van der Waals surface area contributed by atoms with Crippen LogP contribution < -0.4 is 0 Å². The summed E-state index contributed by atoms with van der Waals surface area (Å²) in [7, 11) is 0. The maximum absolute atomic E-state index is 8.85. The van der Waals surface area contributed by atoms with Crippen molar-refractivity contribution >= 4 is 0 Å². The second-order valence-corrected chi connectivity index (χ2v) is 2.13. The molecule has 0 spiro atoms. The van der Waals surface area contributed by atoms with E-state index in [1.54, 1.807) is 0 Å². The molecule has 10 heavy (non-hydrogen) atoms. The summed E-state index contributed by atoms with van der Waals surface area (Å²) in [6, 6.07) is 0. The van der Waals surface area contributed by atoms with Crippen LogP contribution in [0.15, 0.2) is 0 Å². The summed E-state index contributed by atoms with van der Waals surface area (Å²) in [6.07, 6.45) is -5.50. The summed E-state index contributed by atoms with van der Waals surface area (Å²) in [5, 5.41) is 35.1. The highest BCUT2D eigenvalue weighted by Crippen LogP contribution is 2.15. The largest absolute Gasteiger partial charge is 0.387 e. The molecule has 0 aromatic carbocycles.